The van der Waals surface area contributed by atoms with Crippen molar-refractivity contribution < 1.29 is 9.59 Å². The van der Waals surface area contributed by atoms with Gasteiger partial charge in [-0.1, -0.05) is 18.2 Å². The first-order chi connectivity index (χ1) is 12.7. The van der Waals surface area contributed by atoms with Gasteiger partial charge in [-0.25, -0.2) is 4.98 Å². The van der Waals surface area contributed by atoms with Crippen molar-refractivity contribution in [2.75, 3.05) is 31.1 Å². The molecule has 2 aliphatic rings. The molecule has 1 saturated carbocycles. The zero-order chi connectivity index (χ0) is 17.9. The van der Waals surface area contributed by atoms with Gasteiger partial charge in [-0.15, -0.1) is 0 Å². The second-order valence-electron chi connectivity index (χ2n) is 6.80. The third-order valence-corrected chi connectivity index (χ3v) is 4.83. The Hall–Kier alpha value is -2.89. The van der Waals surface area contributed by atoms with Gasteiger partial charge in [0.2, 0.25) is 0 Å². The highest BCUT2D eigenvalue weighted by molar-refractivity contribution is 5.95. The van der Waals surface area contributed by atoms with Crippen LogP contribution < -0.4 is 10.2 Å². The lowest BCUT2D eigenvalue weighted by molar-refractivity contribution is 0.0746. The molecule has 0 radical (unpaired) electrons. The maximum Gasteiger partial charge on any atom is 0.253 e. The van der Waals surface area contributed by atoms with Crippen LogP contribution in [0.25, 0.3) is 0 Å². The van der Waals surface area contributed by atoms with Crippen molar-refractivity contribution in [2.45, 2.75) is 18.9 Å². The normalized spacial score (nSPS) is 17.1. The highest BCUT2D eigenvalue weighted by Crippen LogP contribution is 2.20. The first kappa shape index (κ1) is 16.6. The van der Waals surface area contributed by atoms with E-state index in [9.17, 15) is 9.59 Å². The van der Waals surface area contributed by atoms with E-state index in [1.54, 1.807) is 6.20 Å². The number of carbonyl (C=O) groups is 2. The number of pyridine rings is 1. The maximum atomic E-state index is 12.5. The number of amides is 2. The molecule has 1 aromatic heterocycles. The molecule has 1 saturated heterocycles. The predicted octanol–water partition coefficient (Wildman–Crippen LogP) is 1.94. The van der Waals surface area contributed by atoms with E-state index in [1.807, 2.05) is 47.4 Å². The van der Waals surface area contributed by atoms with Crippen LogP contribution in [0, 0.1) is 0 Å². The van der Waals surface area contributed by atoms with Crippen LogP contribution in [0.2, 0.25) is 0 Å². The number of hydrogen-bond acceptors (Lipinski definition) is 4. The Bertz CT molecular complexity index is 779. The Morgan fingerprint density at radius 1 is 0.923 bits per heavy atom. The molecule has 1 aromatic carbocycles. The average Bonchev–Trinajstić information content (AvgIpc) is 3.52. The van der Waals surface area contributed by atoms with E-state index >= 15 is 0 Å². The summed E-state index contributed by atoms with van der Waals surface area (Å²) < 4.78 is 0. The van der Waals surface area contributed by atoms with E-state index in [0.29, 0.717) is 24.7 Å². The summed E-state index contributed by atoms with van der Waals surface area (Å²) >= 11 is 0. The molecule has 2 aromatic rings. The zero-order valence-corrected chi connectivity index (χ0v) is 14.6. The number of benzene rings is 1. The van der Waals surface area contributed by atoms with Crippen LogP contribution in [0.1, 0.15) is 33.6 Å². The Kier molecular flexibility index (Phi) is 4.56. The Labute approximate surface area is 152 Å². The Balaban J connectivity index is 1.34. The first-order valence-electron chi connectivity index (χ1n) is 9.07. The third-order valence-electron chi connectivity index (χ3n) is 4.83. The van der Waals surface area contributed by atoms with Crippen LogP contribution >= 0.6 is 0 Å². The van der Waals surface area contributed by atoms with Gasteiger partial charge < -0.3 is 15.1 Å². The van der Waals surface area contributed by atoms with Crippen molar-refractivity contribution in [3.05, 3.63) is 59.8 Å². The summed E-state index contributed by atoms with van der Waals surface area (Å²) in [5, 5.41) is 2.97. The molecule has 2 fully saturated rings. The van der Waals surface area contributed by atoms with Crippen molar-refractivity contribution >= 4 is 17.6 Å². The molecule has 0 spiro atoms. The van der Waals surface area contributed by atoms with Crippen molar-refractivity contribution in [3.63, 3.8) is 0 Å². The van der Waals surface area contributed by atoms with Crippen molar-refractivity contribution in [1.29, 1.82) is 0 Å². The van der Waals surface area contributed by atoms with Gasteiger partial charge in [0.15, 0.2) is 0 Å². The van der Waals surface area contributed by atoms with Crippen LogP contribution in [0.15, 0.2) is 48.7 Å². The Morgan fingerprint density at radius 3 is 2.27 bits per heavy atom. The van der Waals surface area contributed by atoms with Crippen LogP contribution in [-0.4, -0.2) is 53.9 Å². The number of piperazine rings is 1. The number of anilines is 1. The van der Waals surface area contributed by atoms with Crippen LogP contribution in [-0.2, 0) is 0 Å². The van der Waals surface area contributed by atoms with Crippen molar-refractivity contribution in [2.24, 2.45) is 0 Å². The number of nitrogens with zero attached hydrogens (tertiary/aromatic N) is 3. The minimum absolute atomic E-state index is 0.0511. The minimum atomic E-state index is -0.0511. The Morgan fingerprint density at radius 2 is 1.65 bits per heavy atom. The SMILES string of the molecule is O=C(NC1CC1)c1ccc(N2CCN(C(=O)c3ccccc3)CC2)nc1. The molecule has 1 N–H and O–H groups in total. The monoisotopic (exact) mass is 350 g/mol. The van der Waals surface area contributed by atoms with Gasteiger partial charge in [-0.05, 0) is 37.1 Å². The van der Waals surface area contributed by atoms with Crippen molar-refractivity contribution in [1.82, 2.24) is 15.2 Å². The van der Waals surface area contributed by atoms with Crippen LogP contribution in [0.4, 0.5) is 5.82 Å². The molecule has 6 heteroatoms. The van der Waals surface area contributed by atoms with Gasteiger partial charge in [0.05, 0.1) is 5.56 Å². The first-order valence-corrected chi connectivity index (χ1v) is 9.07. The molecule has 1 aliphatic heterocycles. The molecule has 6 nitrogen and oxygen atoms in total. The molecule has 26 heavy (non-hydrogen) atoms. The number of carbonyl (C=O) groups excluding carboxylic acids is 2. The predicted molar refractivity (Wildman–Crippen MR) is 99.3 cm³/mol. The van der Waals surface area contributed by atoms with E-state index in [4.69, 9.17) is 0 Å². The third kappa shape index (κ3) is 3.69. The van der Waals surface area contributed by atoms with Gasteiger partial charge in [-0.3, -0.25) is 9.59 Å². The summed E-state index contributed by atoms with van der Waals surface area (Å²) in [6, 6.07) is 13.4. The molecule has 2 amide bonds. The van der Waals surface area contributed by atoms with E-state index in [-0.39, 0.29) is 11.8 Å². The number of rotatable bonds is 4. The fraction of sp³-hybridized carbons (Fsp3) is 0.350. The quantitative estimate of drug-likeness (QED) is 0.915. The number of aromatic nitrogens is 1. The van der Waals surface area contributed by atoms with E-state index in [2.05, 4.69) is 15.2 Å². The highest BCUT2D eigenvalue weighted by atomic mass is 16.2. The summed E-state index contributed by atoms with van der Waals surface area (Å²) in [7, 11) is 0. The van der Waals surface area contributed by atoms with Gasteiger partial charge in [0.25, 0.3) is 11.8 Å². The van der Waals surface area contributed by atoms with Crippen LogP contribution in [0.5, 0.6) is 0 Å². The molecule has 1 aliphatic carbocycles. The fourth-order valence-electron chi connectivity index (χ4n) is 3.11. The van der Waals surface area contributed by atoms with Gasteiger partial charge in [-0.2, -0.15) is 0 Å². The van der Waals surface area contributed by atoms with Crippen LogP contribution in [0.3, 0.4) is 0 Å². The summed E-state index contributed by atoms with van der Waals surface area (Å²) in [4.78, 5) is 33.0. The lowest BCUT2D eigenvalue weighted by Crippen LogP contribution is -2.49. The largest absolute Gasteiger partial charge is 0.353 e. The van der Waals surface area contributed by atoms with E-state index in [0.717, 1.165) is 37.3 Å². The molecule has 0 bridgehead atoms. The molecule has 4 rings (SSSR count). The summed E-state index contributed by atoms with van der Waals surface area (Å²) in [5.74, 6) is 0.870. The second-order valence-corrected chi connectivity index (χ2v) is 6.80. The lowest BCUT2D eigenvalue weighted by atomic mass is 10.2. The summed E-state index contributed by atoms with van der Waals surface area (Å²) in [6.07, 6.45) is 3.78. The molecular formula is C20H22N4O2. The van der Waals surface area contributed by atoms with E-state index in [1.165, 1.54) is 0 Å². The van der Waals surface area contributed by atoms with Gasteiger partial charge >= 0.3 is 0 Å². The minimum Gasteiger partial charge on any atom is -0.353 e. The molecule has 2 heterocycles. The lowest BCUT2D eigenvalue weighted by Gasteiger charge is -2.35. The molecule has 134 valence electrons. The topological polar surface area (TPSA) is 65.5 Å². The molecule has 0 unspecified atom stereocenters. The summed E-state index contributed by atoms with van der Waals surface area (Å²) in [5.41, 5.74) is 1.32. The second kappa shape index (κ2) is 7.15. The van der Waals surface area contributed by atoms with Crippen molar-refractivity contribution in [3.8, 4) is 0 Å². The summed E-state index contributed by atoms with van der Waals surface area (Å²) in [6.45, 7) is 2.80. The number of nitrogens with one attached hydrogen (secondary N) is 1. The smallest absolute Gasteiger partial charge is 0.253 e. The maximum absolute atomic E-state index is 12.5. The molecule has 0 atom stereocenters. The molecular weight excluding hydrogens is 328 g/mol. The number of hydrogen-bond donors (Lipinski definition) is 1. The zero-order valence-electron chi connectivity index (χ0n) is 14.6. The highest BCUT2D eigenvalue weighted by Gasteiger charge is 2.25. The van der Waals surface area contributed by atoms with Gasteiger partial charge in [0, 0.05) is 44.0 Å². The standard InChI is InChI=1S/C20H22N4O2/c25-19(22-17-7-8-17)16-6-9-18(21-14-16)23-10-12-24(13-11-23)20(26)15-4-2-1-3-5-15/h1-6,9,14,17H,7-8,10-13H2,(H,22,25). The van der Waals surface area contributed by atoms with E-state index < -0.39 is 0 Å². The fourth-order valence-corrected chi connectivity index (χ4v) is 3.11. The van der Waals surface area contributed by atoms with Gasteiger partial charge in [0.1, 0.15) is 5.82 Å². The average molecular weight is 350 g/mol.